The molecule has 1 saturated carbocycles. The lowest BCUT2D eigenvalue weighted by Crippen LogP contribution is -2.21. The molecule has 0 aromatic heterocycles. The molecule has 1 aliphatic rings. The second kappa shape index (κ2) is 7.78. The van der Waals surface area contributed by atoms with E-state index < -0.39 is 0 Å². The Morgan fingerprint density at radius 2 is 2.20 bits per heavy atom. The molecule has 0 saturated heterocycles. The van der Waals surface area contributed by atoms with Gasteiger partial charge >= 0.3 is 0 Å². The SMILES string of the molecule is CCCOc1ccc(Cl)cc1NCC1CCCC(C)C1. The first kappa shape index (κ1) is 15.5. The first-order valence-corrected chi connectivity index (χ1v) is 8.23. The predicted molar refractivity (Wildman–Crippen MR) is 86.8 cm³/mol. The maximum Gasteiger partial charge on any atom is 0.142 e. The van der Waals surface area contributed by atoms with Gasteiger partial charge in [0, 0.05) is 11.6 Å². The molecule has 0 aliphatic heterocycles. The summed E-state index contributed by atoms with van der Waals surface area (Å²) in [6, 6.07) is 5.82. The fourth-order valence-corrected chi connectivity index (χ4v) is 3.15. The Labute approximate surface area is 127 Å². The number of benzene rings is 1. The molecule has 1 fully saturated rings. The third kappa shape index (κ3) is 4.59. The minimum Gasteiger partial charge on any atom is -0.491 e. The molecule has 1 aromatic carbocycles. The van der Waals surface area contributed by atoms with Gasteiger partial charge in [-0.2, -0.15) is 0 Å². The van der Waals surface area contributed by atoms with Gasteiger partial charge in [-0.3, -0.25) is 0 Å². The normalized spacial score (nSPS) is 22.6. The van der Waals surface area contributed by atoms with Crippen LogP contribution < -0.4 is 10.1 Å². The van der Waals surface area contributed by atoms with Crippen LogP contribution in [0.5, 0.6) is 5.75 Å². The van der Waals surface area contributed by atoms with Crippen LogP contribution in [0.25, 0.3) is 0 Å². The summed E-state index contributed by atoms with van der Waals surface area (Å²) in [5.74, 6) is 2.56. The van der Waals surface area contributed by atoms with Crippen LogP contribution in [0.15, 0.2) is 18.2 Å². The number of nitrogens with one attached hydrogen (secondary N) is 1. The van der Waals surface area contributed by atoms with E-state index in [0.717, 1.165) is 47.9 Å². The highest BCUT2D eigenvalue weighted by Gasteiger charge is 2.19. The van der Waals surface area contributed by atoms with Gasteiger partial charge in [-0.05, 0) is 49.3 Å². The van der Waals surface area contributed by atoms with Crippen LogP contribution in [-0.4, -0.2) is 13.2 Å². The molecule has 20 heavy (non-hydrogen) atoms. The zero-order chi connectivity index (χ0) is 14.4. The topological polar surface area (TPSA) is 21.3 Å². The lowest BCUT2D eigenvalue weighted by molar-refractivity contribution is 0.292. The van der Waals surface area contributed by atoms with Crippen LogP contribution in [0.2, 0.25) is 5.02 Å². The van der Waals surface area contributed by atoms with Crippen LogP contribution in [0, 0.1) is 11.8 Å². The Morgan fingerprint density at radius 1 is 1.35 bits per heavy atom. The van der Waals surface area contributed by atoms with Gasteiger partial charge in [0.1, 0.15) is 5.75 Å². The molecular weight excluding hydrogens is 270 g/mol. The highest BCUT2D eigenvalue weighted by Crippen LogP contribution is 2.31. The van der Waals surface area contributed by atoms with Crippen molar-refractivity contribution in [3.05, 3.63) is 23.2 Å². The highest BCUT2D eigenvalue weighted by molar-refractivity contribution is 6.30. The minimum absolute atomic E-state index is 0.747. The van der Waals surface area contributed by atoms with Gasteiger partial charge in [0.15, 0.2) is 0 Å². The second-order valence-corrected chi connectivity index (χ2v) is 6.44. The third-order valence-electron chi connectivity index (χ3n) is 4.03. The largest absolute Gasteiger partial charge is 0.491 e. The molecule has 3 heteroatoms. The Bertz CT molecular complexity index is 421. The van der Waals surface area contributed by atoms with E-state index in [4.69, 9.17) is 16.3 Å². The Hall–Kier alpha value is -0.890. The zero-order valence-corrected chi connectivity index (χ0v) is 13.4. The molecular formula is C17H26ClNO. The summed E-state index contributed by atoms with van der Waals surface area (Å²) in [7, 11) is 0. The molecule has 1 aromatic rings. The quantitative estimate of drug-likeness (QED) is 0.762. The second-order valence-electron chi connectivity index (χ2n) is 6.01. The monoisotopic (exact) mass is 295 g/mol. The van der Waals surface area contributed by atoms with Crippen molar-refractivity contribution < 1.29 is 4.74 Å². The number of ether oxygens (including phenoxy) is 1. The van der Waals surface area contributed by atoms with Crippen molar-refractivity contribution in [3.8, 4) is 5.75 Å². The van der Waals surface area contributed by atoms with Crippen LogP contribution in [0.1, 0.15) is 46.0 Å². The predicted octanol–water partition coefficient (Wildman–Crippen LogP) is 5.37. The average molecular weight is 296 g/mol. The van der Waals surface area contributed by atoms with E-state index in [0.29, 0.717) is 0 Å². The van der Waals surface area contributed by atoms with Gasteiger partial charge in [0.2, 0.25) is 0 Å². The lowest BCUT2D eigenvalue weighted by Gasteiger charge is -2.27. The molecule has 0 amide bonds. The van der Waals surface area contributed by atoms with Crippen molar-refractivity contribution in [2.45, 2.75) is 46.0 Å². The van der Waals surface area contributed by atoms with Gasteiger partial charge in [-0.25, -0.2) is 0 Å². The average Bonchev–Trinajstić information content (AvgIpc) is 2.44. The van der Waals surface area contributed by atoms with Gasteiger partial charge in [0.05, 0.1) is 12.3 Å². The highest BCUT2D eigenvalue weighted by atomic mass is 35.5. The van der Waals surface area contributed by atoms with E-state index in [-0.39, 0.29) is 0 Å². The van der Waals surface area contributed by atoms with Crippen molar-refractivity contribution in [2.24, 2.45) is 11.8 Å². The van der Waals surface area contributed by atoms with E-state index in [2.05, 4.69) is 19.2 Å². The van der Waals surface area contributed by atoms with E-state index in [9.17, 15) is 0 Å². The summed E-state index contributed by atoms with van der Waals surface area (Å²) in [6.45, 7) is 6.25. The molecule has 1 N–H and O–H groups in total. The zero-order valence-electron chi connectivity index (χ0n) is 12.6. The molecule has 2 rings (SSSR count). The van der Waals surface area contributed by atoms with E-state index >= 15 is 0 Å². The molecule has 112 valence electrons. The maximum absolute atomic E-state index is 6.10. The fourth-order valence-electron chi connectivity index (χ4n) is 2.98. The molecule has 0 bridgehead atoms. The number of hydrogen-bond acceptors (Lipinski definition) is 2. The number of anilines is 1. The smallest absolute Gasteiger partial charge is 0.142 e. The van der Waals surface area contributed by atoms with Crippen LogP contribution in [0.3, 0.4) is 0 Å². The third-order valence-corrected chi connectivity index (χ3v) is 4.26. The van der Waals surface area contributed by atoms with E-state index in [1.54, 1.807) is 0 Å². The first-order chi connectivity index (χ1) is 9.69. The van der Waals surface area contributed by atoms with Gasteiger partial charge in [-0.1, -0.05) is 38.3 Å². The van der Waals surface area contributed by atoms with Crippen molar-refractivity contribution in [2.75, 3.05) is 18.5 Å². The minimum atomic E-state index is 0.747. The molecule has 1 aliphatic carbocycles. The summed E-state index contributed by atoms with van der Waals surface area (Å²) in [5, 5.41) is 4.30. The van der Waals surface area contributed by atoms with Crippen LogP contribution in [-0.2, 0) is 0 Å². The van der Waals surface area contributed by atoms with Crippen molar-refractivity contribution in [1.82, 2.24) is 0 Å². The number of rotatable bonds is 6. The number of halogens is 1. The van der Waals surface area contributed by atoms with Crippen LogP contribution in [0.4, 0.5) is 5.69 Å². The summed E-state index contributed by atoms with van der Waals surface area (Å²) in [5.41, 5.74) is 1.03. The lowest BCUT2D eigenvalue weighted by atomic mass is 9.82. The van der Waals surface area contributed by atoms with Crippen molar-refractivity contribution in [1.29, 1.82) is 0 Å². The van der Waals surface area contributed by atoms with E-state index in [1.165, 1.54) is 25.7 Å². The molecule has 2 nitrogen and oxygen atoms in total. The number of hydrogen-bond donors (Lipinski definition) is 1. The fraction of sp³-hybridized carbons (Fsp3) is 0.647. The summed E-state index contributed by atoms with van der Waals surface area (Å²) < 4.78 is 5.78. The first-order valence-electron chi connectivity index (χ1n) is 7.85. The van der Waals surface area contributed by atoms with Gasteiger partial charge < -0.3 is 10.1 Å². The van der Waals surface area contributed by atoms with Crippen molar-refractivity contribution >= 4 is 17.3 Å². The maximum atomic E-state index is 6.10. The summed E-state index contributed by atoms with van der Waals surface area (Å²) in [6.07, 6.45) is 6.44. The molecule has 2 unspecified atom stereocenters. The summed E-state index contributed by atoms with van der Waals surface area (Å²) in [4.78, 5) is 0. The Balaban J connectivity index is 1.94. The molecule has 2 atom stereocenters. The molecule has 0 spiro atoms. The molecule has 0 radical (unpaired) electrons. The summed E-state index contributed by atoms with van der Waals surface area (Å²) >= 11 is 6.10. The van der Waals surface area contributed by atoms with Gasteiger partial charge in [-0.15, -0.1) is 0 Å². The Morgan fingerprint density at radius 3 is 2.95 bits per heavy atom. The van der Waals surface area contributed by atoms with Crippen molar-refractivity contribution in [3.63, 3.8) is 0 Å². The Kier molecular flexibility index (Phi) is 6.03. The molecule has 0 heterocycles. The van der Waals surface area contributed by atoms with E-state index in [1.807, 2.05) is 18.2 Å². The van der Waals surface area contributed by atoms with Crippen LogP contribution >= 0.6 is 11.6 Å². The van der Waals surface area contributed by atoms with Gasteiger partial charge in [0.25, 0.3) is 0 Å². The standard InChI is InChI=1S/C17H26ClNO/c1-3-9-20-17-8-7-15(18)11-16(17)19-12-14-6-4-5-13(2)10-14/h7-8,11,13-14,19H,3-6,9-10,12H2,1-2H3.